The van der Waals surface area contributed by atoms with Crippen LogP contribution in [0.3, 0.4) is 0 Å². The van der Waals surface area contributed by atoms with Crippen LogP contribution >= 0.6 is 0 Å². The van der Waals surface area contributed by atoms with Gasteiger partial charge in [-0.15, -0.1) is 0 Å². The van der Waals surface area contributed by atoms with Gasteiger partial charge in [-0.05, 0) is 24.3 Å². The van der Waals surface area contributed by atoms with E-state index in [-0.39, 0.29) is 5.91 Å². The summed E-state index contributed by atoms with van der Waals surface area (Å²) >= 11 is 0. The fourth-order valence-corrected chi connectivity index (χ4v) is 2.43. The van der Waals surface area contributed by atoms with Crippen LogP contribution in [0.25, 0.3) is 0 Å². The van der Waals surface area contributed by atoms with E-state index in [4.69, 9.17) is 4.74 Å². The lowest BCUT2D eigenvalue weighted by Gasteiger charge is -2.27. The van der Waals surface area contributed by atoms with Crippen molar-refractivity contribution in [3.63, 3.8) is 0 Å². The van der Waals surface area contributed by atoms with Gasteiger partial charge in [0.05, 0.1) is 24.5 Å². The number of aromatic nitrogens is 1. The Kier molecular flexibility index (Phi) is 4.73. The molecule has 0 spiro atoms. The van der Waals surface area contributed by atoms with Crippen molar-refractivity contribution >= 4 is 17.4 Å². The molecule has 1 aliphatic rings. The molecule has 2 aromatic rings. The molecule has 6 heteroatoms. The van der Waals surface area contributed by atoms with Crippen LogP contribution in [0.4, 0.5) is 11.5 Å². The van der Waals surface area contributed by atoms with Crippen LogP contribution in [0.15, 0.2) is 48.7 Å². The van der Waals surface area contributed by atoms with Gasteiger partial charge < -0.3 is 9.64 Å². The first kappa shape index (κ1) is 15.3. The molecule has 1 fully saturated rings. The van der Waals surface area contributed by atoms with Gasteiger partial charge in [-0.25, -0.2) is 4.98 Å². The molecule has 120 valence electrons. The summed E-state index contributed by atoms with van der Waals surface area (Å²) < 4.78 is 5.33. The number of benzene rings is 1. The van der Waals surface area contributed by atoms with E-state index < -0.39 is 0 Å². The van der Waals surface area contributed by atoms with Crippen molar-refractivity contribution in [2.24, 2.45) is 0 Å². The zero-order valence-electron chi connectivity index (χ0n) is 13.1. The number of nitrogens with one attached hydrogen (secondary N) is 1. The molecule has 0 unspecified atom stereocenters. The van der Waals surface area contributed by atoms with Gasteiger partial charge in [0.15, 0.2) is 0 Å². The van der Waals surface area contributed by atoms with Gasteiger partial charge in [0, 0.05) is 26.3 Å². The first-order valence-corrected chi connectivity index (χ1v) is 7.62. The third-order valence-electron chi connectivity index (χ3n) is 3.76. The smallest absolute Gasteiger partial charge is 0.271 e. The van der Waals surface area contributed by atoms with Crippen molar-refractivity contribution in [3.05, 3.63) is 54.2 Å². The predicted octanol–water partition coefficient (Wildman–Crippen LogP) is 1.70. The number of carbonyl (C=O) groups excluding carboxylic acids is 1. The topological polar surface area (TPSA) is 57.7 Å². The Labute approximate surface area is 135 Å². The maximum absolute atomic E-state index is 12.3. The Balaban J connectivity index is 1.63. The van der Waals surface area contributed by atoms with E-state index in [1.54, 1.807) is 17.3 Å². The van der Waals surface area contributed by atoms with Crippen LogP contribution in [-0.2, 0) is 4.74 Å². The van der Waals surface area contributed by atoms with E-state index in [2.05, 4.69) is 15.3 Å². The summed E-state index contributed by atoms with van der Waals surface area (Å²) in [5.74, 6) is 0.693. The number of morpholine rings is 1. The minimum Gasteiger partial charge on any atom is -0.378 e. The molecule has 0 bridgehead atoms. The average molecular weight is 312 g/mol. The molecule has 0 atom stereocenters. The molecule has 23 heavy (non-hydrogen) atoms. The Morgan fingerprint density at radius 1 is 1.17 bits per heavy atom. The molecule has 0 saturated carbocycles. The summed E-state index contributed by atoms with van der Waals surface area (Å²) in [5, 5.41) is 1.69. The molecule has 1 aromatic carbocycles. The Morgan fingerprint density at radius 3 is 2.57 bits per heavy atom. The lowest BCUT2D eigenvalue weighted by molar-refractivity contribution is 0.0951. The number of hydrogen-bond donors (Lipinski definition) is 1. The molecule has 1 aromatic heterocycles. The van der Waals surface area contributed by atoms with Gasteiger partial charge in [0.1, 0.15) is 5.82 Å². The van der Waals surface area contributed by atoms with E-state index in [0.29, 0.717) is 18.8 Å². The van der Waals surface area contributed by atoms with Crippen LogP contribution in [0.5, 0.6) is 0 Å². The molecule has 1 saturated heterocycles. The van der Waals surface area contributed by atoms with Gasteiger partial charge in [-0.3, -0.25) is 15.2 Å². The molecule has 1 N–H and O–H groups in total. The molecular weight excluding hydrogens is 292 g/mol. The average Bonchev–Trinajstić information content (AvgIpc) is 2.63. The maximum Gasteiger partial charge on any atom is 0.271 e. The number of pyridine rings is 1. The first-order valence-electron chi connectivity index (χ1n) is 7.62. The van der Waals surface area contributed by atoms with Gasteiger partial charge in [-0.2, -0.15) is 0 Å². The summed E-state index contributed by atoms with van der Waals surface area (Å²) in [5.41, 5.74) is 4.28. The first-order chi connectivity index (χ1) is 11.2. The number of para-hydroxylation sites is 1. The second-order valence-electron chi connectivity index (χ2n) is 5.34. The van der Waals surface area contributed by atoms with Gasteiger partial charge in [0.2, 0.25) is 0 Å². The fourth-order valence-electron chi connectivity index (χ4n) is 2.43. The van der Waals surface area contributed by atoms with E-state index in [0.717, 1.165) is 24.6 Å². The number of rotatable bonds is 4. The van der Waals surface area contributed by atoms with Crippen LogP contribution in [-0.4, -0.2) is 44.2 Å². The highest BCUT2D eigenvalue weighted by Crippen LogP contribution is 2.14. The standard InChI is InChI=1S/C17H20N4O2/c1-20(15-5-3-2-4-6-15)19-17(22)14-7-8-16(18-13-14)21-9-11-23-12-10-21/h2-8,13H,9-12H2,1H3,(H,19,22). The van der Waals surface area contributed by atoms with E-state index in [1.165, 1.54) is 0 Å². The highest BCUT2D eigenvalue weighted by atomic mass is 16.5. The van der Waals surface area contributed by atoms with Gasteiger partial charge >= 0.3 is 0 Å². The Bertz CT molecular complexity index is 639. The molecule has 1 amide bonds. The van der Waals surface area contributed by atoms with Crippen molar-refractivity contribution in [2.45, 2.75) is 0 Å². The van der Waals surface area contributed by atoms with E-state index >= 15 is 0 Å². The second kappa shape index (κ2) is 7.11. The van der Waals surface area contributed by atoms with E-state index in [1.807, 2.05) is 43.4 Å². The van der Waals surface area contributed by atoms with Crippen LogP contribution < -0.4 is 15.3 Å². The minimum absolute atomic E-state index is 0.183. The number of ether oxygens (including phenoxy) is 1. The Hall–Kier alpha value is -2.60. The largest absolute Gasteiger partial charge is 0.378 e. The highest BCUT2D eigenvalue weighted by molar-refractivity contribution is 5.94. The molecule has 0 aliphatic carbocycles. The number of nitrogens with zero attached hydrogens (tertiary/aromatic N) is 3. The fraction of sp³-hybridized carbons (Fsp3) is 0.294. The Morgan fingerprint density at radius 2 is 1.91 bits per heavy atom. The zero-order valence-corrected chi connectivity index (χ0v) is 13.1. The lowest BCUT2D eigenvalue weighted by atomic mass is 10.2. The van der Waals surface area contributed by atoms with Crippen molar-refractivity contribution in [1.82, 2.24) is 10.4 Å². The zero-order chi connectivity index (χ0) is 16.1. The number of carbonyl (C=O) groups is 1. The molecular formula is C17H20N4O2. The van der Waals surface area contributed by atoms with Gasteiger partial charge in [0.25, 0.3) is 5.91 Å². The van der Waals surface area contributed by atoms with Crippen molar-refractivity contribution in [1.29, 1.82) is 0 Å². The summed E-state index contributed by atoms with van der Waals surface area (Å²) in [6.45, 7) is 3.09. The van der Waals surface area contributed by atoms with E-state index in [9.17, 15) is 4.79 Å². The molecule has 0 radical (unpaired) electrons. The monoisotopic (exact) mass is 312 g/mol. The number of hydrogen-bond acceptors (Lipinski definition) is 5. The van der Waals surface area contributed by atoms with Gasteiger partial charge in [-0.1, -0.05) is 18.2 Å². The number of amides is 1. The van der Waals surface area contributed by atoms with Crippen LogP contribution in [0, 0.1) is 0 Å². The minimum atomic E-state index is -0.183. The number of hydrazine groups is 1. The summed E-state index contributed by atoms with van der Waals surface area (Å²) in [6.07, 6.45) is 1.61. The molecule has 3 rings (SSSR count). The maximum atomic E-state index is 12.3. The summed E-state index contributed by atoms with van der Waals surface area (Å²) in [4.78, 5) is 18.8. The SMILES string of the molecule is CN(NC(=O)c1ccc(N2CCOCC2)nc1)c1ccccc1. The third kappa shape index (κ3) is 3.78. The van der Waals surface area contributed by atoms with Crippen molar-refractivity contribution in [3.8, 4) is 0 Å². The molecule has 1 aliphatic heterocycles. The molecule has 6 nitrogen and oxygen atoms in total. The van der Waals surface area contributed by atoms with Crippen LogP contribution in [0.2, 0.25) is 0 Å². The van der Waals surface area contributed by atoms with Crippen molar-refractivity contribution in [2.75, 3.05) is 43.3 Å². The second-order valence-corrected chi connectivity index (χ2v) is 5.34. The van der Waals surface area contributed by atoms with Crippen molar-refractivity contribution < 1.29 is 9.53 Å². The van der Waals surface area contributed by atoms with Crippen LogP contribution in [0.1, 0.15) is 10.4 Å². The number of anilines is 2. The summed E-state index contributed by atoms with van der Waals surface area (Å²) in [7, 11) is 1.81. The predicted molar refractivity (Wildman–Crippen MR) is 89.6 cm³/mol. The third-order valence-corrected chi connectivity index (χ3v) is 3.76. The lowest BCUT2D eigenvalue weighted by Crippen LogP contribution is -2.39. The molecule has 2 heterocycles. The summed E-state index contributed by atoms with van der Waals surface area (Å²) in [6, 6.07) is 13.3. The normalized spacial score (nSPS) is 14.4. The highest BCUT2D eigenvalue weighted by Gasteiger charge is 2.14. The quantitative estimate of drug-likeness (QED) is 0.871.